The van der Waals surface area contributed by atoms with Gasteiger partial charge in [0.25, 0.3) is 0 Å². The van der Waals surface area contributed by atoms with Gasteiger partial charge in [0.1, 0.15) is 0 Å². The first-order chi connectivity index (χ1) is 5.38. The van der Waals surface area contributed by atoms with Gasteiger partial charge in [0.2, 0.25) is 0 Å². The van der Waals surface area contributed by atoms with Crippen LogP contribution in [0.1, 0.15) is 11.3 Å². The van der Waals surface area contributed by atoms with Crippen LogP contribution in [0, 0.1) is 0 Å². The molecule has 2 rings (SSSR count). The second-order valence-corrected chi connectivity index (χ2v) is 2.93. The molecule has 1 aromatic heterocycles. The Balaban J connectivity index is 2.49. The second-order valence-electron chi connectivity index (χ2n) is 2.52. The van der Waals surface area contributed by atoms with Crippen molar-refractivity contribution in [1.29, 1.82) is 0 Å². The Morgan fingerprint density at radius 2 is 2.45 bits per heavy atom. The normalized spacial score (nSPS) is 16.1. The zero-order valence-corrected chi connectivity index (χ0v) is 6.77. The molecule has 0 N–H and O–H groups in total. The Hall–Kier alpha value is -0.600. The molecular weight excluding hydrogens is 162 g/mol. The van der Waals surface area contributed by atoms with Gasteiger partial charge >= 0.3 is 0 Å². The number of halogens is 1. The fourth-order valence-electron chi connectivity index (χ4n) is 1.24. The summed E-state index contributed by atoms with van der Waals surface area (Å²) in [5.74, 6) is 0. The minimum Gasteiger partial charge on any atom is -0.375 e. The molecule has 0 spiro atoms. The number of hydrogen-bond acceptors (Lipinski definition) is 2. The standard InChI is InChI=1S/C8H8ClNO/c9-7-1-3-10-8-5-11-4-2-6(7)8/h1,3H,2,4-5H2. The Morgan fingerprint density at radius 1 is 1.55 bits per heavy atom. The Morgan fingerprint density at radius 3 is 3.27 bits per heavy atom. The molecule has 0 saturated carbocycles. The third kappa shape index (κ3) is 1.24. The lowest BCUT2D eigenvalue weighted by Gasteiger charge is -2.15. The number of pyridine rings is 1. The number of rotatable bonds is 0. The van der Waals surface area contributed by atoms with Crippen LogP contribution in [0.2, 0.25) is 5.02 Å². The summed E-state index contributed by atoms with van der Waals surface area (Å²) in [6.07, 6.45) is 2.61. The third-order valence-corrected chi connectivity index (χ3v) is 2.18. The fourth-order valence-corrected chi connectivity index (χ4v) is 1.50. The average molecular weight is 170 g/mol. The molecular formula is C8H8ClNO. The lowest BCUT2D eigenvalue weighted by Crippen LogP contribution is -2.11. The summed E-state index contributed by atoms with van der Waals surface area (Å²) in [5.41, 5.74) is 2.14. The molecule has 0 saturated heterocycles. The monoisotopic (exact) mass is 169 g/mol. The molecule has 11 heavy (non-hydrogen) atoms. The largest absolute Gasteiger partial charge is 0.375 e. The van der Waals surface area contributed by atoms with Crippen LogP contribution in [0.4, 0.5) is 0 Å². The molecule has 58 valence electrons. The molecule has 0 aliphatic carbocycles. The highest BCUT2D eigenvalue weighted by molar-refractivity contribution is 6.31. The SMILES string of the molecule is Clc1ccnc2c1CCOC2. The van der Waals surface area contributed by atoms with Crippen LogP contribution in [0.15, 0.2) is 12.3 Å². The molecule has 0 bridgehead atoms. The maximum atomic E-state index is 5.95. The van der Waals surface area contributed by atoms with E-state index in [1.807, 2.05) is 6.07 Å². The van der Waals surface area contributed by atoms with Gasteiger partial charge in [-0.25, -0.2) is 0 Å². The highest BCUT2D eigenvalue weighted by Gasteiger charge is 2.12. The summed E-state index contributed by atoms with van der Waals surface area (Å²) in [6, 6.07) is 1.83. The quantitative estimate of drug-likeness (QED) is 0.591. The van der Waals surface area contributed by atoms with E-state index in [9.17, 15) is 0 Å². The second kappa shape index (κ2) is 2.80. The van der Waals surface area contributed by atoms with Gasteiger partial charge in [-0.2, -0.15) is 0 Å². The number of aromatic nitrogens is 1. The van der Waals surface area contributed by atoms with E-state index in [-0.39, 0.29) is 0 Å². The van der Waals surface area contributed by atoms with Gasteiger partial charge < -0.3 is 4.74 Å². The average Bonchev–Trinajstić information content (AvgIpc) is 2.06. The fraction of sp³-hybridized carbons (Fsp3) is 0.375. The van der Waals surface area contributed by atoms with E-state index >= 15 is 0 Å². The molecule has 2 nitrogen and oxygen atoms in total. The molecule has 0 unspecified atom stereocenters. The van der Waals surface area contributed by atoms with Crippen molar-refractivity contribution in [2.75, 3.05) is 6.61 Å². The summed E-state index contributed by atoms with van der Waals surface area (Å²) < 4.78 is 5.23. The zero-order chi connectivity index (χ0) is 7.68. The van der Waals surface area contributed by atoms with Crippen LogP contribution in [-0.4, -0.2) is 11.6 Å². The van der Waals surface area contributed by atoms with Crippen LogP contribution in [0.3, 0.4) is 0 Å². The van der Waals surface area contributed by atoms with Gasteiger partial charge in [0.05, 0.1) is 18.9 Å². The molecule has 0 fully saturated rings. The summed E-state index contributed by atoms with van der Waals surface area (Å²) >= 11 is 5.95. The third-order valence-electron chi connectivity index (χ3n) is 1.82. The van der Waals surface area contributed by atoms with E-state index in [0.29, 0.717) is 6.61 Å². The number of fused-ring (bicyclic) bond motifs is 1. The smallest absolute Gasteiger partial charge is 0.0891 e. The van der Waals surface area contributed by atoms with Crippen molar-refractivity contribution in [3.63, 3.8) is 0 Å². The number of ether oxygens (including phenoxy) is 1. The Bertz CT molecular complexity index is 275. The van der Waals surface area contributed by atoms with E-state index in [2.05, 4.69) is 4.98 Å². The molecule has 1 aliphatic heterocycles. The summed E-state index contributed by atoms with van der Waals surface area (Å²) in [4.78, 5) is 4.17. The minimum atomic E-state index is 0.607. The first-order valence-corrected chi connectivity index (χ1v) is 3.96. The van der Waals surface area contributed by atoms with E-state index in [1.54, 1.807) is 6.20 Å². The molecule has 2 heterocycles. The molecule has 0 aromatic carbocycles. The van der Waals surface area contributed by atoms with Gasteiger partial charge in [-0.15, -0.1) is 0 Å². The Labute approximate surface area is 70.2 Å². The topological polar surface area (TPSA) is 22.1 Å². The number of hydrogen-bond donors (Lipinski definition) is 0. The maximum absolute atomic E-state index is 5.95. The van der Waals surface area contributed by atoms with Gasteiger partial charge in [-0.05, 0) is 18.1 Å². The van der Waals surface area contributed by atoms with E-state index in [0.717, 1.165) is 29.3 Å². The van der Waals surface area contributed by atoms with Crippen LogP contribution in [-0.2, 0) is 17.8 Å². The predicted octanol–water partition coefficient (Wildman–Crippen LogP) is 1.81. The summed E-state index contributed by atoms with van der Waals surface area (Å²) in [5, 5.41) is 0.818. The van der Waals surface area contributed by atoms with Crippen molar-refractivity contribution in [2.45, 2.75) is 13.0 Å². The first-order valence-electron chi connectivity index (χ1n) is 3.58. The minimum absolute atomic E-state index is 0.607. The molecule has 3 heteroatoms. The van der Waals surface area contributed by atoms with Gasteiger partial charge in [-0.1, -0.05) is 11.6 Å². The van der Waals surface area contributed by atoms with Crippen molar-refractivity contribution >= 4 is 11.6 Å². The molecule has 0 atom stereocenters. The predicted molar refractivity (Wildman–Crippen MR) is 42.6 cm³/mol. The van der Waals surface area contributed by atoms with Crippen LogP contribution in [0.5, 0.6) is 0 Å². The highest BCUT2D eigenvalue weighted by Crippen LogP contribution is 2.22. The van der Waals surface area contributed by atoms with Crippen LogP contribution in [0.25, 0.3) is 0 Å². The number of nitrogens with zero attached hydrogens (tertiary/aromatic N) is 1. The van der Waals surface area contributed by atoms with Crippen LogP contribution >= 0.6 is 11.6 Å². The van der Waals surface area contributed by atoms with Crippen molar-refractivity contribution in [3.05, 3.63) is 28.5 Å². The van der Waals surface area contributed by atoms with E-state index in [1.165, 1.54) is 0 Å². The maximum Gasteiger partial charge on any atom is 0.0891 e. The first kappa shape index (κ1) is 7.07. The highest BCUT2D eigenvalue weighted by atomic mass is 35.5. The van der Waals surface area contributed by atoms with Gasteiger partial charge in [0.15, 0.2) is 0 Å². The van der Waals surface area contributed by atoms with Gasteiger partial charge in [0, 0.05) is 11.2 Å². The van der Waals surface area contributed by atoms with Crippen molar-refractivity contribution in [2.24, 2.45) is 0 Å². The Kier molecular flexibility index (Phi) is 1.80. The van der Waals surface area contributed by atoms with Crippen molar-refractivity contribution in [1.82, 2.24) is 4.98 Å². The lowest BCUT2D eigenvalue weighted by atomic mass is 10.1. The summed E-state index contributed by atoms with van der Waals surface area (Å²) in [6.45, 7) is 1.37. The van der Waals surface area contributed by atoms with Gasteiger partial charge in [-0.3, -0.25) is 4.98 Å². The molecule has 1 aromatic rings. The van der Waals surface area contributed by atoms with Crippen molar-refractivity contribution < 1.29 is 4.74 Å². The van der Waals surface area contributed by atoms with E-state index in [4.69, 9.17) is 16.3 Å². The molecule has 0 amide bonds. The molecule has 0 radical (unpaired) electrons. The summed E-state index contributed by atoms with van der Waals surface area (Å²) in [7, 11) is 0. The van der Waals surface area contributed by atoms with E-state index < -0.39 is 0 Å². The van der Waals surface area contributed by atoms with Crippen molar-refractivity contribution in [3.8, 4) is 0 Å². The lowest BCUT2D eigenvalue weighted by molar-refractivity contribution is 0.107. The van der Waals surface area contributed by atoms with Crippen LogP contribution < -0.4 is 0 Å². The molecule has 1 aliphatic rings. The zero-order valence-electron chi connectivity index (χ0n) is 6.01.